The van der Waals surface area contributed by atoms with Gasteiger partial charge in [0.05, 0.1) is 11.5 Å². The van der Waals surface area contributed by atoms with E-state index in [2.05, 4.69) is 10.2 Å². The Balaban J connectivity index is 1.62. The third-order valence-corrected chi connectivity index (χ3v) is 5.42. The van der Waals surface area contributed by atoms with Crippen molar-refractivity contribution in [3.05, 3.63) is 58.1 Å². The Morgan fingerprint density at radius 2 is 1.70 bits per heavy atom. The molecule has 0 radical (unpaired) electrons. The van der Waals surface area contributed by atoms with Crippen molar-refractivity contribution in [2.24, 2.45) is 5.41 Å². The zero-order chi connectivity index (χ0) is 24.2. The fraction of sp³-hybridized carbons (Fsp3) is 0.417. The van der Waals surface area contributed by atoms with Crippen molar-refractivity contribution in [2.75, 3.05) is 43.0 Å². The molecule has 1 fully saturated rings. The molecular weight excluding hydrogens is 424 g/mol. The van der Waals surface area contributed by atoms with Crippen LogP contribution in [0, 0.1) is 15.5 Å². The summed E-state index contributed by atoms with van der Waals surface area (Å²) in [6, 6.07) is 11.6. The van der Waals surface area contributed by atoms with E-state index in [1.165, 1.54) is 18.2 Å². The van der Waals surface area contributed by atoms with Gasteiger partial charge in [0.25, 0.3) is 5.91 Å². The first kappa shape index (κ1) is 24.0. The van der Waals surface area contributed by atoms with Crippen molar-refractivity contribution >= 4 is 28.9 Å². The molecule has 2 amide bonds. The summed E-state index contributed by atoms with van der Waals surface area (Å²) < 4.78 is 5.26. The van der Waals surface area contributed by atoms with Gasteiger partial charge in [-0.05, 0) is 43.3 Å². The number of nitrogens with zero attached hydrogens (tertiary/aromatic N) is 3. The van der Waals surface area contributed by atoms with E-state index >= 15 is 0 Å². The first-order valence-corrected chi connectivity index (χ1v) is 11.0. The summed E-state index contributed by atoms with van der Waals surface area (Å²) in [7, 11) is 0. The Kier molecular flexibility index (Phi) is 7.20. The van der Waals surface area contributed by atoms with Gasteiger partial charge in [0.2, 0.25) is 5.91 Å². The van der Waals surface area contributed by atoms with Crippen LogP contribution in [0.5, 0.6) is 5.75 Å². The summed E-state index contributed by atoms with van der Waals surface area (Å²) >= 11 is 0. The minimum atomic E-state index is -0.564. The molecule has 0 spiro atoms. The first-order valence-electron chi connectivity index (χ1n) is 11.0. The molecule has 1 heterocycles. The predicted molar refractivity (Wildman–Crippen MR) is 127 cm³/mol. The fourth-order valence-corrected chi connectivity index (χ4v) is 3.68. The number of nitro benzene ring substituents is 1. The molecule has 9 nitrogen and oxygen atoms in total. The molecule has 0 saturated carbocycles. The summed E-state index contributed by atoms with van der Waals surface area (Å²) in [5.74, 6) is -0.148. The van der Waals surface area contributed by atoms with E-state index in [1.54, 1.807) is 19.1 Å². The zero-order valence-electron chi connectivity index (χ0n) is 19.5. The lowest BCUT2D eigenvalue weighted by Gasteiger charge is -2.38. The number of ether oxygens (including phenoxy) is 1. The number of amides is 2. The van der Waals surface area contributed by atoms with Crippen LogP contribution in [0.2, 0.25) is 0 Å². The number of hydrogen-bond acceptors (Lipinski definition) is 6. The Hall–Kier alpha value is -3.62. The standard InChI is InChI=1S/C24H30N4O5/c1-5-33-21-11-6-17(16-20(21)28(31)32)22(29)25-18-7-9-19(10-8-18)26-12-14-27(15-13-26)23(30)24(2,3)4/h6-11,16H,5,12-15H2,1-4H3,(H,25,29). The van der Waals surface area contributed by atoms with Crippen LogP contribution in [0.4, 0.5) is 17.1 Å². The molecule has 2 aromatic rings. The van der Waals surface area contributed by atoms with Crippen LogP contribution in [0.3, 0.4) is 0 Å². The normalized spacial score (nSPS) is 14.1. The minimum absolute atomic E-state index is 0.132. The molecule has 176 valence electrons. The molecule has 0 aliphatic carbocycles. The number of benzene rings is 2. The molecule has 0 aromatic heterocycles. The Morgan fingerprint density at radius 3 is 2.24 bits per heavy atom. The number of nitrogens with one attached hydrogen (secondary N) is 1. The molecule has 1 saturated heterocycles. The number of piperazine rings is 1. The SMILES string of the molecule is CCOc1ccc(C(=O)Nc2ccc(N3CCN(C(=O)C(C)(C)C)CC3)cc2)cc1[N+](=O)[O-]. The van der Waals surface area contributed by atoms with Gasteiger partial charge >= 0.3 is 5.69 Å². The molecule has 33 heavy (non-hydrogen) atoms. The lowest BCUT2D eigenvalue weighted by molar-refractivity contribution is -0.385. The van der Waals surface area contributed by atoms with Crippen LogP contribution in [-0.4, -0.2) is 54.4 Å². The predicted octanol–water partition coefficient (Wildman–Crippen LogP) is 3.94. The Morgan fingerprint density at radius 1 is 1.06 bits per heavy atom. The van der Waals surface area contributed by atoms with E-state index in [1.807, 2.05) is 37.8 Å². The van der Waals surface area contributed by atoms with Crippen LogP contribution < -0.4 is 15.0 Å². The maximum absolute atomic E-state index is 12.6. The van der Waals surface area contributed by atoms with Crippen molar-refractivity contribution in [3.63, 3.8) is 0 Å². The third-order valence-electron chi connectivity index (χ3n) is 5.42. The number of carbonyl (C=O) groups excluding carboxylic acids is 2. The molecular formula is C24H30N4O5. The third kappa shape index (κ3) is 5.79. The number of hydrogen-bond donors (Lipinski definition) is 1. The molecule has 9 heteroatoms. The van der Waals surface area contributed by atoms with Crippen LogP contribution in [0.25, 0.3) is 0 Å². The number of rotatable bonds is 6. The molecule has 0 unspecified atom stereocenters. The molecule has 2 aromatic carbocycles. The van der Waals surface area contributed by atoms with Crippen molar-refractivity contribution < 1.29 is 19.2 Å². The molecule has 1 aliphatic heterocycles. The second-order valence-corrected chi connectivity index (χ2v) is 8.90. The highest BCUT2D eigenvalue weighted by Gasteiger charge is 2.29. The van der Waals surface area contributed by atoms with Crippen molar-refractivity contribution in [3.8, 4) is 5.75 Å². The average molecular weight is 455 g/mol. The van der Waals surface area contributed by atoms with Crippen molar-refractivity contribution in [1.82, 2.24) is 4.90 Å². The minimum Gasteiger partial charge on any atom is -0.487 e. The largest absolute Gasteiger partial charge is 0.487 e. The van der Waals surface area contributed by atoms with Crippen molar-refractivity contribution in [1.29, 1.82) is 0 Å². The lowest BCUT2D eigenvalue weighted by Crippen LogP contribution is -2.51. The molecule has 0 atom stereocenters. The zero-order valence-corrected chi connectivity index (χ0v) is 19.5. The van der Waals surface area contributed by atoms with Gasteiger partial charge in [-0.1, -0.05) is 20.8 Å². The summed E-state index contributed by atoms with van der Waals surface area (Å²) in [5, 5.41) is 14.1. The van der Waals surface area contributed by atoms with Gasteiger partial charge in [-0.15, -0.1) is 0 Å². The number of carbonyl (C=O) groups is 2. The van der Waals surface area contributed by atoms with Crippen LogP contribution in [0.15, 0.2) is 42.5 Å². The van der Waals surface area contributed by atoms with Crippen molar-refractivity contribution in [2.45, 2.75) is 27.7 Å². The lowest BCUT2D eigenvalue weighted by atomic mass is 9.94. The fourth-order valence-electron chi connectivity index (χ4n) is 3.68. The van der Waals surface area contributed by atoms with Gasteiger partial charge in [-0.2, -0.15) is 0 Å². The van der Waals surface area contributed by atoms with E-state index in [4.69, 9.17) is 4.74 Å². The highest BCUT2D eigenvalue weighted by molar-refractivity contribution is 6.04. The molecule has 3 rings (SSSR count). The van der Waals surface area contributed by atoms with Gasteiger partial charge in [-0.3, -0.25) is 19.7 Å². The Bertz CT molecular complexity index is 1020. The average Bonchev–Trinajstić information content (AvgIpc) is 2.79. The second-order valence-electron chi connectivity index (χ2n) is 8.90. The smallest absolute Gasteiger partial charge is 0.311 e. The number of anilines is 2. The van der Waals surface area contributed by atoms with E-state index in [0.29, 0.717) is 25.4 Å². The van der Waals surface area contributed by atoms with Gasteiger partial charge < -0.3 is 19.9 Å². The monoisotopic (exact) mass is 454 g/mol. The molecule has 1 aliphatic rings. The second kappa shape index (κ2) is 9.89. The van der Waals surface area contributed by atoms with Crippen LogP contribution >= 0.6 is 0 Å². The summed E-state index contributed by atoms with van der Waals surface area (Å²) in [4.78, 5) is 39.9. The summed E-state index contributed by atoms with van der Waals surface area (Å²) in [6.45, 7) is 10.6. The molecule has 1 N–H and O–H groups in total. The maximum atomic E-state index is 12.6. The van der Waals surface area contributed by atoms with Gasteiger partial charge in [0, 0.05) is 54.6 Å². The van der Waals surface area contributed by atoms with Crippen LogP contribution in [-0.2, 0) is 4.79 Å². The highest BCUT2D eigenvalue weighted by atomic mass is 16.6. The van der Waals surface area contributed by atoms with E-state index in [0.717, 1.165) is 18.8 Å². The van der Waals surface area contributed by atoms with Crippen LogP contribution in [0.1, 0.15) is 38.1 Å². The van der Waals surface area contributed by atoms with Gasteiger partial charge in [0.15, 0.2) is 5.75 Å². The maximum Gasteiger partial charge on any atom is 0.311 e. The van der Waals surface area contributed by atoms with E-state index in [9.17, 15) is 19.7 Å². The summed E-state index contributed by atoms with van der Waals surface area (Å²) in [6.07, 6.45) is 0. The van der Waals surface area contributed by atoms with E-state index < -0.39 is 10.8 Å². The molecule has 0 bridgehead atoms. The van der Waals surface area contributed by atoms with Gasteiger partial charge in [-0.25, -0.2) is 0 Å². The first-order chi connectivity index (χ1) is 15.6. The topological polar surface area (TPSA) is 105 Å². The van der Waals surface area contributed by atoms with Gasteiger partial charge in [0.1, 0.15) is 0 Å². The Labute approximate surface area is 193 Å². The highest BCUT2D eigenvalue weighted by Crippen LogP contribution is 2.28. The summed E-state index contributed by atoms with van der Waals surface area (Å²) in [5.41, 5.74) is 1.14. The van der Waals surface area contributed by atoms with E-state index in [-0.39, 0.29) is 28.3 Å². The number of nitro groups is 1. The quantitative estimate of drug-likeness (QED) is 0.524.